The van der Waals surface area contributed by atoms with Gasteiger partial charge in [-0.05, 0) is 114 Å². The minimum atomic E-state index is -3.26. The molecular formula is C32H44Cl2N4O4S. The van der Waals surface area contributed by atoms with Gasteiger partial charge in [0.2, 0.25) is 15.9 Å². The van der Waals surface area contributed by atoms with Gasteiger partial charge in [0.05, 0.1) is 16.3 Å². The summed E-state index contributed by atoms with van der Waals surface area (Å²) in [7, 11) is -3.26. The Hall–Kier alpha value is -2.17. The molecule has 1 N–H and O–H groups in total. The maximum Gasteiger partial charge on any atom is 0.251 e. The van der Waals surface area contributed by atoms with E-state index in [1.165, 1.54) is 16.1 Å². The Morgan fingerprint density at radius 2 is 1.60 bits per heavy atom. The van der Waals surface area contributed by atoms with Crippen molar-refractivity contribution < 1.29 is 18.0 Å². The molecule has 0 aliphatic carbocycles. The Kier molecular flexibility index (Phi) is 11.9. The summed E-state index contributed by atoms with van der Waals surface area (Å²) in [5.41, 5.74) is 2.68. The number of nitrogens with one attached hydrogen (secondary N) is 1. The van der Waals surface area contributed by atoms with Crippen LogP contribution in [0.15, 0.2) is 42.5 Å². The summed E-state index contributed by atoms with van der Waals surface area (Å²) in [6, 6.07) is 13.4. The van der Waals surface area contributed by atoms with Gasteiger partial charge in [0.1, 0.15) is 0 Å². The van der Waals surface area contributed by atoms with Gasteiger partial charge in [-0.2, -0.15) is 0 Å². The van der Waals surface area contributed by atoms with Crippen molar-refractivity contribution >= 4 is 50.7 Å². The van der Waals surface area contributed by atoms with Crippen molar-refractivity contribution in [2.45, 2.75) is 58.4 Å². The van der Waals surface area contributed by atoms with Crippen LogP contribution < -0.4 is 10.2 Å². The molecule has 236 valence electrons. The van der Waals surface area contributed by atoms with E-state index in [9.17, 15) is 18.0 Å². The number of amides is 2. The van der Waals surface area contributed by atoms with Crippen molar-refractivity contribution in [1.29, 1.82) is 0 Å². The molecule has 0 radical (unpaired) electrons. The fraction of sp³-hybridized carbons (Fsp3) is 0.562. The lowest BCUT2D eigenvalue weighted by Gasteiger charge is -2.35. The second-order valence-electron chi connectivity index (χ2n) is 12.2. The summed E-state index contributed by atoms with van der Waals surface area (Å²) >= 11 is 12.5. The maximum atomic E-state index is 13.7. The highest BCUT2D eigenvalue weighted by molar-refractivity contribution is 7.88. The Bertz CT molecular complexity index is 1350. The third-order valence-electron chi connectivity index (χ3n) is 8.48. The van der Waals surface area contributed by atoms with E-state index in [-0.39, 0.29) is 23.8 Å². The number of piperidine rings is 2. The van der Waals surface area contributed by atoms with Crippen LogP contribution in [0.2, 0.25) is 10.0 Å². The second kappa shape index (κ2) is 15.2. The summed E-state index contributed by atoms with van der Waals surface area (Å²) in [5.74, 6) is 0.352. The van der Waals surface area contributed by atoms with Crippen molar-refractivity contribution in [3.8, 4) is 0 Å². The molecule has 2 aromatic rings. The largest absolute Gasteiger partial charge is 0.350 e. The minimum absolute atomic E-state index is 0.0120. The number of nitrogens with zero attached hydrogens (tertiary/aromatic N) is 3. The fourth-order valence-corrected chi connectivity index (χ4v) is 7.18. The Balaban J connectivity index is 1.28. The summed E-state index contributed by atoms with van der Waals surface area (Å²) in [4.78, 5) is 30.2. The molecule has 2 fully saturated rings. The molecule has 0 unspecified atom stereocenters. The SMILES string of the molecule is CC(C)NC(=O)c1ccc(CC2CCN(CCCN(C(=O)C3CCN(S(C)(=O)=O)CC3)c3ccc(Cl)c(Cl)c3)CC2)cc1. The first-order valence-electron chi connectivity index (χ1n) is 15.2. The minimum Gasteiger partial charge on any atom is -0.350 e. The maximum absolute atomic E-state index is 13.7. The highest BCUT2D eigenvalue weighted by atomic mass is 35.5. The second-order valence-corrected chi connectivity index (χ2v) is 15.0. The number of rotatable bonds is 11. The molecule has 2 aliphatic heterocycles. The molecule has 2 aliphatic rings. The normalized spacial score (nSPS) is 17.7. The molecule has 0 atom stereocenters. The molecule has 4 rings (SSSR count). The molecule has 0 spiro atoms. The third kappa shape index (κ3) is 9.66. The summed E-state index contributed by atoms with van der Waals surface area (Å²) in [5, 5.41) is 3.77. The van der Waals surface area contributed by atoms with Crippen LogP contribution in [0, 0.1) is 11.8 Å². The van der Waals surface area contributed by atoms with Crippen LogP contribution in [0.4, 0.5) is 5.69 Å². The van der Waals surface area contributed by atoms with Crippen LogP contribution in [0.25, 0.3) is 0 Å². The predicted molar refractivity (Wildman–Crippen MR) is 174 cm³/mol. The number of sulfonamides is 1. The van der Waals surface area contributed by atoms with Crippen LogP contribution in [0.5, 0.6) is 0 Å². The van der Waals surface area contributed by atoms with Crippen molar-refractivity contribution in [3.63, 3.8) is 0 Å². The van der Waals surface area contributed by atoms with Gasteiger partial charge >= 0.3 is 0 Å². The first kappa shape index (κ1) is 33.7. The van der Waals surface area contributed by atoms with Crippen molar-refractivity contribution in [1.82, 2.24) is 14.5 Å². The zero-order valence-electron chi connectivity index (χ0n) is 25.4. The van der Waals surface area contributed by atoms with E-state index in [4.69, 9.17) is 23.2 Å². The molecular weight excluding hydrogens is 607 g/mol. The van der Waals surface area contributed by atoms with Gasteiger partial charge in [0.15, 0.2) is 0 Å². The zero-order chi connectivity index (χ0) is 31.1. The van der Waals surface area contributed by atoms with Gasteiger partial charge in [-0.1, -0.05) is 35.3 Å². The van der Waals surface area contributed by atoms with Gasteiger partial charge in [-0.25, -0.2) is 12.7 Å². The van der Waals surface area contributed by atoms with E-state index in [1.54, 1.807) is 17.0 Å². The van der Waals surface area contributed by atoms with Crippen LogP contribution in [-0.4, -0.2) is 81.0 Å². The summed E-state index contributed by atoms with van der Waals surface area (Å²) in [6.45, 7) is 8.12. The average molecular weight is 652 g/mol. The van der Waals surface area contributed by atoms with Crippen LogP contribution in [-0.2, 0) is 21.2 Å². The molecule has 0 saturated carbocycles. The van der Waals surface area contributed by atoms with E-state index >= 15 is 0 Å². The van der Waals surface area contributed by atoms with Crippen molar-refractivity contribution in [2.75, 3.05) is 50.4 Å². The van der Waals surface area contributed by atoms with Gasteiger partial charge in [0, 0.05) is 42.8 Å². The average Bonchev–Trinajstić information content (AvgIpc) is 2.97. The van der Waals surface area contributed by atoms with Crippen LogP contribution >= 0.6 is 23.2 Å². The molecule has 0 bridgehead atoms. The molecule has 2 aromatic carbocycles. The highest BCUT2D eigenvalue weighted by Gasteiger charge is 2.32. The summed E-state index contributed by atoms with van der Waals surface area (Å²) in [6.07, 6.45) is 6.29. The van der Waals surface area contributed by atoms with Crippen LogP contribution in [0.3, 0.4) is 0 Å². The van der Waals surface area contributed by atoms with Gasteiger partial charge in [-0.15, -0.1) is 0 Å². The predicted octanol–water partition coefficient (Wildman–Crippen LogP) is 5.48. The number of likely N-dealkylation sites (tertiary alicyclic amines) is 1. The zero-order valence-corrected chi connectivity index (χ0v) is 27.7. The topological polar surface area (TPSA) is 90.0 Å². The molecule has 8 nitrogen and oxygen atoms in total. The van der Waals surface area contributed by atoms with E-state index in [0.29, 0.717) is 54.0 Å². The fourth-order valence-electron chi connectivity index (χ4n) is 6.01. The number of halogens is 2. The van der Waals surface area contributed by atoms with Crippen LogP contribution in [0.1, 0.15) is 61.9 Å². The number of benzene rings is 2. The van der Waals surface area contributed by atoms with E-state index in [0.717, 1.165) is 51.0 Å². The molecule has 43 heavy (non-hydrogen) atoms. The first-order valence-corrected chi connectivity index (χ1v) is 17.8. The molecule has 11 heteroatoms. The van der Waals surface area contributed by atoms with Gasteiger partial charge < -0.3 is 15.1 Å². The first-order chi connectivity index (χ1) is 20.4. The van der Waals surface area contributed by atoms with Crippen molar-refractivity contribution in [3.05, 3.63) is 63.6 Å². The van der Waals surface area contributed by atoms with E-state index in [2.05, 4.69) is 22.3 Å². The standard InChI is InChI=1S/C32H44Cl2N4O4S/c1-23(2)35-31(39)26-7-5-24(6-8-26)21-25-11-17-36(18-12-25)15-4-16-38(28-9-10-29(33)30(34)22-28)32(40)27-13-19-37(20-14-27)43(3,41)42/h5-10,22-23,25,27H,4,11-21H2,1-3H3,(H,35,39). The number of carbonyl (C=O) groups is 2. The molecule has 0 aromatic heterocycles. The Morgan fingerprint density at radius 1 is 0.953 bits per heavy atom. The number of hydrogen-bond acceptors (Lipinski definition) is 5. The number of carbonyl (C=O) groups excluding carboxylic acids is 2. The highest BCUT2D eigenvalue weighted by Crippen LogP contribution is 2.30. The quantitative estimate of drug-likeness (QED) is 0.348. The Morgan fingerprint density at radius 3 is 2.19 bits per heavy atom. The lowest BCUT2D eigenvalue weighted by atomic mass is 9.90. The molecule has 2 heterocycles. The molecule has 2 amide bonds. The lowest BCUT2D eigenvalue weighted by Crippen LogP contribution is -2.45. The van der Waals surface area contributed by atoms with E-state index in [1.807, 2.05) is 32.0 Å². The van der Waals surface area contributed by atoms with Crippen molar-refractivity contribution in [2.24, 2.45) is 11.8 Å². The van der Waals surface area contributed by atoms with E-state index < -0.39 is 10.0 Å². The molecule has 2 saturated heterocycles. The van der Waals surface area contributed by atoms with Gasteiger partial charge in [0.25, 0.3) is 5.91 Å². The number of anilines is 1. The Labute approximate surface area is 266 Å². The monoisotopic (exact) mass is 650 g/mol. The number of hydrogen-bond donors (Lipinski definition) is 1. The smallest absolute Gasteiger partial charge is 0.251 e. The lowest BCUT2D eigenvalue weighted by molar-refractivity contribution is -0.123. The third-order valence-corrected chi connectivity index (χ3v) is 10.5. The summed E-state index contributed by atoms with van der Waals surface area (Å²) < 4.78 is 25.3. The van der Waals surface area contributed by atoms with Gasteiger partial charge in [-0.3, -0.25) is 9.59 Å².